The van der Waals surface area contributed by atoms with E-state index in [4.69, 9.17) is 0 Å². The fraction of sp³-hybridized carbons (Fsp3) is 0.0385. The second kappa shape index (κ2) is 9.65. The molecule has 0 atom stereocenters. The molecule has 0 spiro atoms. The summed E-state index contributed by atoms with van der Waals surface area (Å²) < 4.78 is 0. The zero-order valence-corrected chi connectivity index (χ0v) is 17.6. The molecule has 0 unspecified atom stereocenters. The van der Waals surface area contributed by atoms with Crippen LogP contribution in [0.4, 0.5) is 0 Å². The van der Waals surface area contributed by atoms with Gasteiger partial charge in [0.25, 0.3) is 0 Å². The average Bonchev–Trinajstić information content (AvgIpc) is 2.79. The van der Waals surface area contributed by atoms with Crippen molar-refractivity contribution in [3.05, 3.63) is 126 Å². The summed E-state index contributed by atoms with van der Waals surface area (Å²) in [6.45, 7) is 0. The van der Waals surface area contributed by atoms with Crippen LogP contribution in [0.15, 0.2) is 115 Å². The van der Waals surface area contributed by atoms with Crippen molar-refractivity contribution in [2.75, 3.05) is 0 Å². The van der Waals surface area contributed by atoms with Crippen molar-refractivity contribution in [1.29, 1.82) is 0 Å². The Morgan fingerprint density at radius 3 is 1.34 bits per heavy atom. The number of aldehydes is 1. The second-order valence-corrected chi connectivity index (χ2v) is 10.3. The summed E-state index contributed by atoms with van der Waals surface area (Å²) in [4.78, 5) is 11.7. The van der Waals surface area contributed by atoms with E-state index >= 15 is 0 Å². The lowest BCUT2D eigenvalue weighted by molar-refractivity contribution is -0.0000119. The predicted molar refractivity (Wildman–Crippen MR) is 121 cm³/mol. The molecule has 1 nitrogen and oxygen atoms in total. The number of hydrogen-bond donors (Lipinski definition) is 0. The molecule has 0 aliphatic rings. The van der Waals surface area contributed by atoms with Crippen LogP contribution in [0.1, 0.15) is 15.9 Å². The Labute approximate surface area is 179 Å². The molecule has 4 rings (SSSR count). The van der Waals surface area contributed by atoms with Crippen LogP contribution in [0, 0.1) is 0 Å². The number of carbonyl (C=O) groups is 1. The van der Waals surface area contributed by atoms with E-state index in [2.05, 4.69) is 97.1 Å². The average molecular weight is 417 g/mol. The molecule has 0 heterocycles. The predicted octanol–water partition coefficient (Wildman–Crippen LogP) is 2.00. The third-order valence-electron chi connectivity index (χ3n) is 5.18. The first-order valence-electron chi connectivity index (χ1n) is 9.42. The van der Waals surface area contributed by atoms with Crippen molar-refractivity contribution in [3.8, 4) is 0 Å². The van der Waals surface area contributed by atoms with Crippen LogP contribution in [-0.4, -0.2) is 6.29 Å². The highest BCUT2D eigenvalue weighted by molar-refractivity contribution is 7.95. The van der Waals surface area contributed by atoms with E-state index in [1.54, 1.807) is 0 Å². The molecule has 0 bridgehead atoms. The summed E-state index contributed by atoms with van der Waals surface area (Å²) in [6.07, 6.45) is 1.80. The topological polar surface area (TPSA) is 17.1 Å². The highest BCUT2D eigenvalue weighted by Crippen LogP contribution is 2.58. The molecule has 0 saturated heterocycles. The first kappa shape index (κ1) is 21.0. The summed E-state index contributed by atoms with van der Waals surface area (Å²) in [5.41, 5.74) is 1.87. The van der Waals surface area contributed by atoms with Gasteiger partial charge in [0.1, 0.15) is 29.5 Å². The van der Waals surface area contributed by atoms with Gasteiger partial charge < -0.3 is 12.4 Å². The first-order valence-corrected chi connectivity index (χ1v) is 11.4. The molecule has 4 aromatic carbocycles. The molecule has 0 aromatic heterocycles. The van der Waals surface area contributed by atoms with Gasteiger partial charge in [-0.2, -0.15) is 0 Å². The van der Waals surface area contributed by atoms with Crippen molar-refractivity contribution >= 4 is 29.5 Å². The Kier molecular flexibility index (Phi) is 6.99. The quantitative estimate of drug-likeness (QED) is 0.347. The van der Waals surface area contributed by atoms with E-state index < -0.39 is 7.26 Å². The smallest absolute Gasteiger partial charge is 0.150 e. The lowest BCUT2D eigenvalue weighted by Crippen LogP contribution is -3.00. The SMILES string of the molecule is O=Cc1ccccc1C[P+](c1ccccc1)(c1ccccc1)c1ccccc1.[Cl-]. The Morgan fingerprint density at radius 1 is 0.552 bits per heavy atom. The van der Waals surface area contributed by atoms with E-state index in [9.17, 15) is 4.79 Å². The van der Waals surface area contributed by atoms with Crippen LogP contribution in [-0.2, 0) is 6.16 Å². The van der Waals surface area contributed by atoms with Gasteiger partial charge in [-0.15, -0.1) is 0 Å². The molecular formula is C26H22ClOP. The number of carbonyl (C=O) groups excluding carboxylic acids is 1. The Hall–Kier alpha value is -2.73. The molecule has 0 saturated carbocycles. The van der Waals surface area contributed by atoms with Crippen molar-refractivity contribution in [3.63, 3.8) is 0 Å². The molecule has 0 radical (unpaired) electrons. The molecule has 0 aliphatic carbocycles. The Bertz CT molecular complexity index is 953. The van der Waals surface area contributed by atoms with Gasteiger partial charge in [-0.05, 0) is 36.4 Å². The van der Waals surface area contributed by atoms with Gasteiger partial charge in [0.2, 0.25) is 0 Å². The van der Waals surface area contributed by atoms with E-state index in [1.807, 2.05) is 18.2 Å². The van der Waals surface area contributed by atoms with Gasteiger partial charge in [0, 0.05) is 11.1 Å². The van der Waals surface area contributed by atoms with Crippen LogP contribution in [0.3, 0.4) is 0 Å². The highest BCUT2D eigenvalue weighted by atomic mass is 35.5. The lowest BCUT2D eigenvalue weighted by atomic mass is 10.1. The van der Waals surface area contributed by atoms with E-state index in [0.717, 1.165) is 23.6 Å². The number of halogens is 1. The van der Waals surface area contributed by atoms with Crippen molar-refractivity contribution in [2.24, 2.45) is 0 Å². The minimum atomic E-state index is -1.97. The van der Waals surface area contributed by atoms with Crippen molar-refractivity contribution in [2.45, 2.75) is 6.16 Å². The fourth-order valence-electron chi connectivity index (χ4n) is 3.82. The van der Waals surface area contributed by atoms with E-state index in [-0.39, 0.29) is 12.4 Å². The largest absolute Gasteiger partial charge is 1.00 e. The maximum Gasteiger partial charge on any atom is 0.150 e. The van der Waals surface area contributed by atoms with Gasteiger partial charge in [0.15, 0.2) is 0 Å². The lowest BCUT2D eigenvalue weighted by Gasteiger charge is -2.28. The molecular weight excluding hydrogens is 395 g/mol. The minimum Gasteiger partial charge on any atom is -1.00 e. The maximum absolute atomic E-state index is 11.7. The molecule has 3 heteroatoms. The molecule has 29 heavy (non-hydrogen) atoms. The number of benzene rings is 4. The normalized spacial score (nSPS) is 10.8. The summed E-state index contributed by atoms with van der Waals surface area (Å²) in [5.74, 6) is 0. The molecule has 0 N–H and O–H groups in total. The van der Waals surface area contributed by atoms with Crippen LogP contribution < -0.4 is 28.3 Å². The molecule has 0 fully saturated rings. The number of rotatable bonds is 6. The fourth-order valence-corrected chi connectivity index (χ4v) is 8.10. The minimum absolute atomic E-state index is 0. The summed E-state index contributed by atoms with van der Waals surface area (Å²) in [7, 11) is -1.97. The molecule has 0 aliphatic heterocycles. The van der Waals surface area contributed by atoms with Gasteiger partial charge in [-0.25, -0.2) is 0 Å². The van der Waals surface area contributed by atoms with E-state index in [0.29, 0.717) is 0 Å². The molecule has 144 valence electrons. The maximum atomic E-state index is 11.7. The summed E-state index contributed by atoms with van der Waals surface area (Å²) in [5, 5.41) is 3.98. The van der Waals surface area contributed by atoms with Crippen LogP contribution in [0.2, 0.25) is 0 Å². The van der Waals surface area contributed by atoms with Crippen LogP contribution in [0.5, 0.6) is 0 Å². The second-order valence-electron chi connectivity index (χ2n) is 6.79. The van der Waals surface area contributed by atoms with Gasteiger partial charge in [-0.3, -0.25) is 4.79 Å². The third-order valence-corrected chi connectivity index (χ3v) is 9.53. The first-order chi connectivity index (χ1) is 13.8. The summed E-state index contributed by atoms with van der Waals surface area (Å²) >= 11 is 0. The van der Waals surface area contributed by atoms with Gasteiger partial charge in [-0.1, -0.05) is 78.9 Å². The van der Waals surface area contributed by atoms with Crippen LogP contribution in [0.25, 0.3) is 0 Å². The van der Waals surface area contributed by atoms with Crippen LogP contribution >= 0.6 is 7.26 Å². The number of hydrogen-bond acceptors (Lipinski definition) is 1. The van der Waals surface area contributed by atoms with E-state index in [1.165, 1.54) is 15.9 Å². The third kappa shape index (κ3) is 4.17. The van der Waals surface area contributed by atoms with Crippen molar-refractivity contribution < 1.29 is 17.2 Å². The zero-order chi connectivity index (χ0) is 19.2. The van der Waals surface area contributed by atoms with Crippen molar-refractivity contribution in [1.82, 2.24) is 0 Å². The Balaban J connectivity index is 0.00000240. The monoisotopic (exact) mass is 416 g/mol. The standard InChI is InChI=1S/C26H22OP.ClH/c27-20-22-12-10-11-13-23(22)21-28(24-14-4-1-5-15-24,25-16-6-2-7-17-25)26-18-8-3-9-19-26;/h1-20H,21H2;1H/q+1;/p-1. The highest BCUT2D eigenvalue weighted by Gasteiger charge is 2.45. The summed E-state index contributed by atoms with van der Waals surface area (Å²) in [6, 6.07) is 40.2. The Morgan fingerprint density at radius 2 is 0.931 bits per heavy atom. The molecule has 0 amide bonds. The zero-order valence-electron chi connectivity index (χ0n) is 16.0. The van der Waals surface area contributed by atoms with Gasteiger partial charge >= 0.3 is 0 Å². The molecule has 4 aromatic rings. The van der Waals surface area contributed by atoms with Gasteiger partial charge in [0.05, 0.1) is 6.16 Å².